The van der Waals surface area contributed by atoms with Gasteiger partial charge < -0.3 is 20.6 Å². The zero-order chi connectivity index (χ0) is 43.7. The molecular formula is C55H101NO4. The summed E-state index contributed by atoms with van der Waals surface area (Å²) in [4.78, 5) is 12.5. The zero-order valence-electron chi connectivity index (χ0n) is 39.8. The molecule has 3 unspecified atom stereocenters. The van der Waals surface area contributed by atoms with Crippen molar-refractivity contribution in [2.75, 3.05) is 6.61 Å². The van der Waals surface area contributed by atoms with Gasteiger partial charge in [0.25, 0.3) is 0 Å². The second kappa shape index (κ2) is 49.7. The second-order valence-electron chi connectivity index (χ2n) is 17.7. The van der Waals surface area contributed by atoms with Gasteiger partial charge in [0, 0.05) is 0 Å². The molecule has 5 nitrogen and oxygen atoms in total. The van der Waals surface area contributed by atoms with Crippen LogP contribution in [0.4, 0.5) is 0 Å². The van der Waals surface area contributed by atoms with E-state index in [0.29, 0.717) is 6.42 Å². The number of unbranched alkanes of at least 4 members (excludes halogenated alkanes) is 31. The Labute approximate surface area is 373 Å². The van der Waals surface area contributed by atoms with E-state index in [-0.39, 0.29) is 6.61 Å². The Balaban J connectivity index is 3.54. The predicted octanol–water partition coefficient (Wildman–Crippen LogP) is 15.8. The molecule has 350 valence electrons. The fraction of sp³-hybridized carbons (Fsp3) is 0.800. The van der Waals surface area contributed by atoms with E-state index in [1.807, 2.05) is 6.08 Å². The van der Waals surface area contributed by atoms with Gasteiger partial charge in [0.15, 0.2) is 0 Å². The monoisotopic (exact) mass is 840 g/mol. The number of rotatable bonds is 47. The third-order valence-corrected chi connectivity index (χ3v) is 11.8. The summed E-state index contributed by atoms with van der Waals surface area (Å²) in [6.07, 6.45) is 67.3. The highest BCUT2D eigenvalue weighted by Gasteiger charge is 2.22. The lowest BCUT2D eigenvalue weighted by Gasteiger charge is -2.21. The van der Waals surface area contributed by atoms with Crippen LogP contribution in [-0.4, -0.2) is 46.1 Å². The molecule has 0 aliphatic rings. The van der Waals surface area contributed by atoms with Gasteiger partial charge in [0.2, 0.25) is 5.91 Å². The van der Waals surface area contributed by atoms with Crippen LogP contribution in [0, 0.1) is 0 Å². The number of hydrogen-bond acceptors (Lipinski definition) is 4. The molecule has 60 heavy (non-hydrogen) atoms. The molecule has 1 amide bonds. The smallest absolute Gasteiger partial charge is 0.249 e. The molecule has 0 rings (SSSR count). The van der Waals surface area contributed by atoms with Gasteiger partial charge in [-0.15, -0.1) is 0 Å². The minimum Gasteiger partial charge on any atom is -0.394 e. The van der Waals surface area contributed by atoms with E-state index in [1.165, 1.54) is 186 Å². The molecule has 0 bridgehead atoms. The molecule has 0 radical (unpaired) electrons. The first-order valence-electron chi connectivity index (χ1n) is 26.1. The summed E-state index contributed by atoms with van der Waals surface area (Å²) in [5.41, 5.74) is 0. The van der Waals surface area contributed by atoms with Crippen molar-refractivity contribution in [2.45, 2.75) is 276 Å². The lowest BCUT2D eigenvalue weighted by molar-refractivity contribution is -0.131. The first-order chi connectivity index (χ1) is 29.6. The van der Waals surface area contributed by atoms with Crippen molar-refractivity contribution in [2.24, 2.45) is 0 Å². The number of hydrogen-bond donors (Lipinski definition) is 4. The SMILES string of the molecule is CCCC/C=C/CC/C=C/CC/C=C/C(O)C(CO)NC(=O)C(O)CCCCCCCCCCCCCCCCCC/C=C\C/C=C\CCCCCCCCCCCCC. The van der Waals surface area contributed by atoms with Crippen LogP contribution in [0.15, 0.2) is 60.8 Å². The van der Waals surface area contributed by atoms with Gasteiger partial charge in [-0.05, 0) is 70.6 Å². The molecule has 5 heteroatoms. The highest BCUT2D eigenvalue weighted by Crippen LogP contribution is 2.16. The lowest BCUT2D eigenvalue weighted by atomic mass is 10.0. The number of carbonyl (C=O) groups is 1. The summed E-state index contributed by atoms with van der Waals surface area (Å²) in [6.45, 7) is 4.12. The first kappa shape index (κ1) is 58.0. The van der Waals surface area contributed by atoms with Crippen LogP contribution in [-0.2, 0) is 4.79 Å². The highest BCUT2D eigenvalue weighted by atomic mass is 16.3. The fourth-order valence-electron chi connectivity index (χ4n) is 7.70. The molecule has 4 N–H and O–H groups in total. The largest absolute Gasteiger partial charge is 0.394 e. The summed E-state index contributed by atoms with van der Waals surface area (Å²) in [5.74, 6) is -0.518. The third kappa shape index (κ3) is 44.1. The highest BCUT2D eigenvalue weighted by molar-refractivity contribution is 5.80. The minimum absolute atomic E-state index is 0.383. The Hall–Kier alpha value is -1.95. The molecule has 3 atom stereocenters. The maximum absolute atomic E-state index is 12.5. The Kier molecular flexibility index (Phi) is 48.1. The van der Waals surface area contributed by atoms with Gasteiger partial charge in [0.05, 0.1) is 18.8 Å². The van der Waals surface area contributed by atoms with Gasteiger partial charge in [-0.1, -0.05) is 248 Å². The molecule has 0 aliphatic carbocycles. The van der Waals surface area contributed by atoms with Crippen LogP contribution in [0.1, 0.15) is 258 Å². The van der Waals surface area contributed by atoms with Crippen molar-refractivity contribution in [3.8, 4) is 0 Å². The van der Waals surface area contributed by atoms with Crippen molar-refractivity contribution in [1.29, 1.82) is 0 Å². The van der Waals surface area contributed by atoms with Crippen LogP contribution in [0.25, 0.3) is 0 Å². The van der Waals surface area contributed by atoms with Crippen LogP contribution in [0.2, 0.25) is 0 Å². The molecule has 0 fully saturated rings. The van der Waals surface area contributed by atoms with Crippen molar-refractivity contribution in [1.82, 2.24) is 5.32 Å². The van der Waals surface area contributed by atoms with Crippen LogP contribution >= 0.6 is 0 Å². The standard InChI is InChI=1S/C55H101NO4/c1-3-5-7-9-11-13-15-17-18-19-20-21-22-23-24-25-26-27-28-29-30-31-32-33-34-35-36-37-38-40-42-44-46-48-50-54(59)55(60)56-52(51-57)53(58)49-47-45-43-41-39-16-14-12-10-8-6-4-2/h10,12,22-23,25-26,39,41,47,49,52-54,57-59H,3-9,11,13-21,24,27-38,40,42-46,48,50-51H2,1-2H3,(H,56,60)/b12-10+,23-22-,26-25-,41-39+,49-47+. The summed E-state index contributed by atoms with van der Waals surface area (Å²) in [6, 6.07) is -0.821. The normalized spacial score (nSPS) is 13.9. The van der Waals surface area contributed by atoms with Crippen molar-refractivity contribution in [3.63, 3.8) is 0 Å². The number of allylic oxidation sites excluding steroid dienone is 9. The molecule has 0 saturated carbocycles. The number of aliphatic hydroxyl groups excluding tert-OH is 3. The van der Waals surface area contributed by atoms with Crippen LogP contribution < -0.4 is 5.32 Å². The fourth-order valence-corrected chi connectivity index (χ4v) is 7.70. The Morgan fingerprint density at radius 2 is 0.750 bits per heavy atom. The third-order valence-electron chi connectivity index (χ3n) is 11.8. The number of nitrogens with one attached hydrogen (secondary N) is 1. The molecular weight excluding hydrogens is 739 g/mol. The zero-order valence-corrected chi connectivity index (χ0v) is 39.8. The topological polar surface area (TPSA) is 89.8 Å². The number of carbonyl (C=O) groups excluding carboxylic acids is 1. The van der Waals surface area contributed by atoms with E-state index in [9.17, 15) is 20.1 Å². The average Bonchev–Trinajstić information content (AvgIpc) is 3.25. The molecule has 0 saturated heterocycles. The quantitative estimate of drug-likeness (QED) is 0.0363. The summed E-state index contributed by atoms with van der Waals surface area (Å²) in [5, 5.41) is 33.1. The van der Waals surface area contributed by atoms with Gasteiger partial charge >= 0.3 is 0 Å². The molecule has 0 aromatic rings. The van der Waals surface area contributed by atoms with E-state index >= 15 is 0 Å². The molecule has 0 spiro atoms. The van der Waals surface area contributed by atoms with Crippen molar-refractivity contribution >= 4 is 5.91 Å². The van der Waals surface area contributed by atoms with E-state index in [2.05, 4.69) is 67.8 Å². The van der Waals surface area contributed by atoms with E-state index in [1.54, 1.807) is 6.08 Å². The summed E-state index contributed by atoms with van der Waals surface area (Å²) < 4.78 is 0. The first-order valence-corrected chi connectivity index (χ1v) is 26.1. The molecule has 0 aliphatic heterocycles. The average molecular weight is 840 g/mol. The van der Waals surface area contributed by atoms with E-state index in [4.69, 9.17) is 0 Å². The Bertz CT molecular complexity index is 1020. The number of amides is 1. The van der Waals surface area contributed by atoms with Gasteiger partial charge in [0.1, 0.15) is 6.10 Å². The maximum Gasteiger partial charge on any atom is 0.249 e. The minimum atomic E-state index is -1.11. The maximum atomic E-state index is 12.5. The van der Waals surface area contributed by atoms with E-state index in [0.717, 1.165) is 51.4 Å². The number of aliphatic hydroxyl groups is 3. The van der Waals surface area contributed by atoms with E-state index < -0.39 is 24.2 Å². The Morgan fingerprint density at radius 3 is 1.17 bits per heavy atom. The summed E-state index contributed by atoms with van der Waals surface area (Å²) in [7, 11) is 0. The predicted molar refractivity (Wildman–Crippen MR) is 264 cm³/mol. The van der Waals surface area contributed by atoms with Gasteiger partial charge in [-0.25, -0.2) is 0 Å². The van der Waals surface area contributed by atoms with Gasteiger partial charge in [-0.2, -0.15) is 0 Å². The second-order valence-corrected chi connectivity index (χ2v) is 17.7. The van der Waals surface area contributed by atoms with Gasteiger partial charge in [-0.3, -0.25) is 4.79 Å². The molecule has 0 aromatic heterocycles. The summed E-state index contributed by atoms with van der Waals surface area (Å²) >= 11 is 0. The Morgan fingerprint density at radius 1 is 0.417 bits per heavy atom. The molecule has 0 heterocycles. The molecule has 0 aromatic carbocycles. The van der Waals surface area contributed by atoms with Crippen LogP contribution in [0.5, 0.6) is 0 Å². The van der Waals surface area contributed by atoms with Crippen LogP contribution in [0.3, 0.4) is 0 Å². The lowest BCUT2D eigenvalue weighted by Crippen LogP contribution is -2.48. The van der Waals surface area contributed by atoms with Crippen molar-refractivity contribution in [3.05, 3.63) is 60.8 Å². The van der Waals surface area contributed by atoms with Crippen molar-refractivity contribution < 1.29 is 20.1 Å².